The Hall–Kier alpha value is -2.10. The van der Waals surface area contributed by atoms with Crippen LogP contribution in [0.1, 0.15) is 59.0 Å². The summed E-state index contributed by atoms with van der Waals surface area (Å²) in [6.45, 7) is 2.10. The second-order valence-corrected chi connectivity index (χ2v) is 5.97. The van der Waals surface area contributed by atoms with Crippen LogP contribution in [0.15, 0.2) is 18.2 Å². The van der Waals surface area contributed by atoms with Gasteiger partial charge in [0.2, 0.25) is 0 Å². The highest BCUT2D eigenvalue weighted by atomic mass is 16.5. The first-order valence-corrected chi connectivity index (χ1v) is 7.92. The Morgan fingerprint density at radius 1 is 1.32 bits per heavy atom. The number of rotatable bonds is 5. The molecule has 0 saturated heterocycles. The van der Waals surface area contributed by atoms with E-state index in [1.807, 2.05) is 6.07 Å². The van der Waals surface area contributed by atoms with Crippen molar-refractivity contribution >= 4 is 22.7 Å². The van der Waals surface area contributed by atoms with Crippen LogP contribution in [0.3, 0.4) is 0 Å². The quantitative estimate of drug-likeness (QED) is 0.673. The van der Waals surface area contributed by atoms with E-state index in [-0.39, 0.29) is 17.7 Å². The molecule has 0 spiro atoms. The minimum absolute atomic E-state index is 0.176. The molecule has 3 rings (SSSR count). The summed E-state index contributed by atoms with van der Waals surface area (Å²) >= 11 is 0. The van der Waals surface area contributed by atoms with Gasteiger partial charge in [-0.05, 0) is 31.4 Å². The summed E-state index contributed by atoms with van der Waals surface area (Å²) in [6, 6.07) is 5.37. The number of nitrogens with one attached hydrogen (secondary N) is 1. The lowest BCUT2D eigenvalue weighted by molar-refractivity contribution is 0.0600. The molecule has 0 aliphatic heterocycles. The third-order valence-corrected chi connectivity index (χ3v) is 4.52. The third-order valence-electron chi connectivity index (χ3n) is 4.52. The van der Waals surface area contributed by atoms with Crippen molar-refractivity contribution in [1.82, 2.24) is 4.98 Å². The van der Waals surface area contributed by atoms with Gasteiger partial charge in [-0.25, -0.2) is 4.79 Å². The van der Waals surface area contributed by atoms with Gasteiger partial charge in [0.25, 0.3) is 0 Å². The summed E-state index contributed by atoms with van der Waals surface area (Å²) in [5.41, 5.74) is 3.17. The van der Waals surface area contributed by atoms with Gasteiger partial charge < -0.3 is 9.72 Å². The number of ether oxygens (including phenoxy) is 1. The lowest BCUT2D eigenvalue weighted by Crippen LogP contribution is -2.22. The van der Waals surface area contributed by atoms with Gasteiger partial charge in [-0.15, -0.1) is 0 Å². The number of hydrogen-bond acceptors (Lipinski definition) is 3. The normalized spacial score (nSPS) is 14.8. The van der Waals surface area contributed by atoms with Crippen molar-refractivity contribution in [3.05, 3.63) is 35.0 Å². The molecule has 1 saturated carbocycles. The van der Waals surface area contributed by atoms with E-state index in [2.05, 4.69) is 11.9 Å². The molecule has 0 bridgehead atoms. The summed E-state index contributed by atoms with van der Waals surface area (Å²) < 4.78 is 4.76. The van der Waals surface area contributed by atoms with Crippen molar-refractivity contribution in [2.24, 2.45) is 5.92 Å². The monoisotopic (exact) mass is 299 g/mol. The van der Waals surface area contributed by atoms with Gasteiger partial charge >= 0.3 is 5.97 Å². The number of fused-ring (bicyclic) bond motifs is 1. The van der Waals surface area contributed by atoms with Gasteiger partial charge in [-0.3, -0.25) is 4.79 Å². The Morgan fingerprint density at radius 2 is 2.09 bits per heavy atom. The zero-order chi connectivity index (χ0) is 15.7. The van der Waals surface area contributed by atoms with Crippen molar-refractivity contribution in [3.8, 4) is 0 Å². The van der Waals surface area contributed by atoms with Crippen molar-refractivity contribution in [3.63, 3.8) is 0 Å². The Balaban J connectivity index is 2.09. The van der Waals surface area contributed by atoms with Crippen LogP contribution >= 0.6 is 0 Å². The van der Waals surface area contributed by atoms with Gasteiger partial charge in [0, 0.05) is 28.1 Å². The molecule has 0 unspecified atom stereocenters. The minimum atomic E-state index is -0.361. The lowest BCUT2D eigenvalue weighted by atomic mass is 9.79. The highest BCUT2D eigenvalue weighted by molar-refractivity contribution is 6.11. The molecule has 1 fully saturated rings. The molecule has 0 atom stereocenters. The van der Waals surface area contributed by atoms with E-state index in [1.165, 1.54) is 7.11 Å². The maximum atomic E-state index is 12.8. The predicted octanol–water partition coefficient (Wildman–Crippen LogP) is 3.89. The van der Waals surface area contributed by atoms with E-state index >= 15 is 0 Å². The molecule has 1 N–H and O–H groups in total. The lowest BCUT2D eigenvalue weighted by Gasteiger charge is -2.24. The molecular weight excluding hydrogens is 278 g/mol. The first-order valence-electron chi connectivity index (χ1n) is 7.92. The van der Waals surface area contributed by atoms with Crippen LogP contribution < -0.4 is 0 Å². The van der Waals surface area contributed by atoms with Crippen LogP contribution in [0.5, 0.6) is 0 Å². The zero-order valence-corrected chi connectivity index (χ0v) is 13.1. The molecule has 4 heteroatoms. The fourth-order valence-corrected chi connectivity index (χ4v) is 3.09. The van der Waals surface area contributed by atoms with Crippen molar-refractivity contribution in [2.75, 3.05) is 7.11 Å². The SMILES string of the molecule is CCCc1[nH]c2cc(C(=O)OC)ccc2c1C(=O)C1CCC1. The first-order chi connectivity index (χ1) is 10.7. The van der Waals surface area contributed by atoms with E-state index in [0.29, 0.717) is 5.56 Å². The molecule has 1 heterocycles. The first kappa shape index (κ1) is 14.8. The second-order valence-electron chi connectivity index (χ2n) is 5.97. The zero-order valence-electron chi connectivity index (χ0n) is 13.1. The van der Waals surface area contributed by atoms with Crippen LogP contribution in [0.2, 0.25) is 0 Å². The van der Waals surface area contributed by atoms with E-state index in [9.17, 15) is 9.59 Å². The fraction of sp³-hybridized carbons (Fsp3) is 0.444. The number of hydrogen-bond donors (Lipinski definition) is 1. The molecular formula is C18H21NO3. The molecule has 116 valence electrons. The van der Waals surface area contributed by atoms with Gasteiger partial charge in [0.05, 0.1) is 12.7 Å². The average Bonchev–Trinajstić information content (AvgIpc) is 2.81. The van der Waals surface area contributed by atoms with E-state index in [0.717, 1.165) is 54.3 Å². The van der Waals surface area contributed by atoms with E-state index in [4.69, 9.17) is 4.74 Å². The summed E-state index contributed by atoms with van der Waals surface area (Å²) in [5.74, 6) is 0.0714. The van der Waals surface area contributed by atoms with Gasteiger partial charge in [0.1, 0.15) is 0 Å². The molecule has 22 heavy (non-hydrogen) atoms. The molecule has 2 aromatic rings. The number of aromatic nitrogens is 1. The summed E-state index contributed by atoms with van der Waals surface area (Å²) in [6.07, 6.45) is 4.96. The van der Waals surface area contributed by atoms with Crippen LogP contribution in [0.4, 0.5) is 0 Å². The number of benzene rings is 1. The van der Waals surface area contributed by atoms with E-state index < -0.39 is 0 Å². The number of carbonyl (C=O) groups is 2. The highest BCUT2D eigenvalue weighted by Gasteiger charge is 2.30. The van der Waals surface area contributed by atoms with Crippen LogP contribution in [-0.2, 0) is 11.2 Å². The molecule has 4 nitrogen and oxygen atoms in total. The average molecular weight is 299 g/mol. The number of aryl methyl sites for hydroxylation is 1. The molecule has 1 aromatic carbocycles. The minimum Gasteiger partial charge on any atom is -0.465 e. The second kappa shape index (κ2) is 5.95. The Labute approximate surface area is 129 Å². The standard InChI is InChI=1S/C18H21NO3/c1-3-5-14-16(17(20)11-6-4-7-11)13-9-8-12(18(21)22-2)10-15(13)19-14/h8-11,19H,3-7H2,1-2H3. The number of esters is 1. The number of methoxy groups -OCH3 is 1. The summed E-state index contributed by atoms with van der Waals surface area (Å²) in [4.78, 5) is 27.8. The Morgan fingerprint density at radius 3 is 2.68 bits per heavy atom. The Bertz CT molecular complexity index is 725. The largest absolute Gasteiger partial charge is 0.465 e. The number of carbonyl (C=O) groups excluding carboxylic acids is 2. The summed E-state index contributed by atoms with van der Waals surface area (Å²) in [5, 5.41) is 0.924. The maximum absolute atomic E-state index is 12.8. The van der Waals surface area contributed by atoms with Gasteiger partial charge in [-0.1, -0.05) is 25.8 Å². The van der Waals surface area contributed by atoms with Crippen molar-refractivity contribution in [2.45, 2.75) is 39.0 Å². The van der Waals surface area contributed by atoms with Crippen LogP contribution in [0.25, 0.3) is 10.9 Å². The predicted molar refractivity (Wildman–Crippen MR) is 85.3 cm³/mol. The molecule has 0 radical (unpaired) electrons. The molecule has 0 amide bonds. The Kier molecular flexibility index (Phi) is 4.01. The third kappa shape index (κ3) is 2.43. The number of ketones is 1. The number of H-pyrrole nitrogens is 1. The molecule has 1 aliphatic carbocycles. The highest BCUT2D eigenvalue weighted by Crippen LogP contribution is 2.34. The topological polar surface area (TPSA) is 59.2 Å². The van der Waals surface area contributed by atoms with Gasteiger partial charge in [0.15, 0.2) is 5.78 Å². The van der Waals surface area contributed by atoms with Crippen LogP contribution in [-0.4, -0.2) is 23.8 Å². The number of aromatic amines is 1. The smallest absolute Gasteiger partial charge is 0.337 e. The van der Waals surface area contributed by atoms with Crippen molar-refractivity contribution < 1.29 is 14.3 Å². The van der Waals surface area contributed by atoms with Crippen LogP contribution in [0, 0.1) is 5.92 Å². The summed E-state index contributed by atoms with van der Waals surface area (Å²) in [7, 11) is 1.37. The van der Waals surface area contributed by atoms with Gasteiger partial charge in [-0.2, -0.15) is 0 Å². The van der Waals surface area contributed by atoms with Crippen molar-refractivity contribution in [1.29, 1.82) is 0 Å². The molecule has 1 aromatic heterocycles. The maximum Gasteiger partial charge on any atom is 0.337 e. The molecule has 1 aliphatic rings. The van der Waals surface area contributed by atoms with E-state index in [1.54, 1.807) is 12.1 Å². The fourth-order valence-electron chi connectivity index (χ4n) is 3.09. The number of Topliss-reactive ketones (excluding diaryl/α,β-unsaturated/α-hetero) is 1.